The summed E-state index contributed by atoms with van der Waals surface area (Å²) < 4.78 is 29.7. The first kappa shape index (κ1) is 33.9. The molecule has 2 N–H and O–H groups in total. The number of phenolic OH excluding ortho intramolecular Hbond substituents is 1. The second-order valence-corrected chi connectivity index (χ2v) is 13.1. The highest BCUT2D eigenvalue weighted by Crippen LogP contribution is 2.69. The summed E-state index contributed by atoms with van der Waals surface area (Å²) in [6.45, 7) is 9.27. The number of phenols is 1. The zero-order valence-electron chi connectivity index (χ0n) is 27.4. The Bertz CT molecular complexity index is 1620. The van der Waals surface area contributed by atoms with Crippen molar-refractivity contribution in [2.45, 2.75) is 90.3 Å². The normalized spacial score (nSPS) is 33.4. The molecule has 252 valence electrons. The van der Waals surface area contributed by atoms with E-state index >= 15 is 0 Å². The van der Waals surface area contributed by atoms with Crippen LogP contribution in [0.15, 0.2) is 42.5 Å². The third kappa shape index (κ3) is 5.13. The Kier molecular flexibility index (Phi) is 8.63. The molecule has 0 heterocycles. The van der Waals surface area contributed by atoms with Gasteiger partial charge in [0.05, 0.1) is 16.9 Å². The monoisotopic (exact) mass is 652 g/mol. The van der Waals surface area contributed by atoms with Crippen LogP contribution < -0.4 is 0 Å². The number of hydrogen-bond donors (Lipinski definition) is 2. The molecule has 5 rings (SSSR count). The third-order valence-corrected chi connectivity index (χ3v) is 10.4. The van der Waals surface area contributed by atoms with Gasteiger partial charge in [0.25, 0.3) is 0 Å². The number of aromatic hydroxyl groups is 1. The van der Waals surface area contributed by atoms with Gasteiger partial charge in [0.2, 0.25) is 0 Å². The van der Waals surface area contributed by atoms with Crippen molar-refractivity contribution in [2.24, 2.45) is 17.3 Å². The Hall–Kier alpha value is -4.45. The minimum Gasteiger partial charge on any atom is -0.507 e. The van der Waals surface area contributed by atoms with Gasteiger partial charge in [-0.2, -0.15) is 0 Å². The van der Waals surface area contributed by atoms with Crippen LogP contribution in [0.5, 0.6) is 5.75 Å². The van der Waals surface area contributed by atoms with E-state index in [1.165, 1.54) is 13.8 Å². The number of carbonyl (C=O) groups is 5. The molecule has 0 amide bonds. The Morgan fingerprint density at radius 3 is 2.00 bits per heavy atom. The fourth-order valence-corrected chi connectivity index (χ4v) is 8.49. The Morgan fingerprint density at radius 1 is 0.830 bits per heavy atom. The van der Waals surface area contributed by atoms with Crippen LogP contribution in [0.2, 0.25) is 0 Å². The van der Waals surface area contributed by atoms with E-state index in [2.05, 4.69) is 0 Å². The molecule has 3 aliphatic rings. The molecule has 2 fully saturated rings. The lowest BCUT2D eigenvalue weighted by molar-refractivity contribution is -0.285. The summed E-state index contributed by atoms with van der Waals surface area (Å²) in [6.07, 6.45) is -5.72. The number of rotatable bonds is 7. The first-order valence-corrected chi connectivity index (χ1v) is 15.5. The number of ether oxygens (including phenoxy) is 5. The molecule has 3 aliphatic carbocycles. The first-order valence-electron chi connectivity index (χ1n) is 15.5. The molecule has 9 atom stereocenters. The van der Waals surface area contributed by atoms with Crippen molar-refractivity contribution < 1.29 is 57.9 Å². The molecule has 2 saturated carbocycles. The molecule has 0 aromatic heterocycles. The van der Waals surface area contributed by atoms with Crippen molar-refractivity contribution >= 4 is 29.8 Å². The smallest absolute Gasteiger partial charge is 0.338 e. The van der Waals surface area contributed by atoms with Gasteiger partial charge in [-0.05, 0) is 42.2 Å². The van der Waals surface area contributed by atoms with Crippen LogP contribution in [-0.4, -0.2) is 76.7 Å². The van der Waals surface area contributed by atoms with Gasteiger partial charge < -0.3 is 33.9 Å². The van der Waals surface area contributed by atoms with Gasteiger partial charge in [0.1, 0.15) is 42.4 Å². The molecule has 0 unspecified atom stereocenters. The molecule has 0 spiro atoms. The van der Waals surface area contributed by atoms with Crippen molar-refractivity contribution in [1.82, 2.24) is 0 Å². The second kappa shape index (κ2) is 12.0. The lowest BCUT2D eigenvalue weighted by Crippen LogP contribution is -2.77. The van der Waals surface area contributed by atoms with Gasteiger partial charge in [0, 0.05) is 39.0 Å². The topological polar surface area (TPSA) is 172 Å². The molecule has 12 nitrogen and oxygen atoms in total. The SMILES string of the molecule is CC(=O)OC[C@@]12Cc3c(ccc(C)c3O)[C@]1(C)[C@@H](OC(C)=O)[C@]1(O)[C@H]([C@@H](OC(=O)c3ccccc3)[C@@H](C)[C@H]1OC(C)=O)[C@H]2OC(C)=O. The Morgan fingerprint density at radius 2 is 1.43 bits per heavy atom. The number of aliphatic hydroxyl groups is 1. The number of carbonyl (C=O) groups excluding carboxylic acids is 5. The van der Waals surface area contributed by atoms with E-state index < -0.39 is 89.1 Å². The van der Waals surface area contributed by atoms with Crippen LogP contribution in [0.4, 0.5) is 0 Å². The maximum absolute atomic E-state index is 13.6. The third-order valence-electron chi connectivity index (χ3n) is 10.4. The quantitative estimate of drug-likeness (QED) is 0.331. The van der Waals surface area contributed by atoms with E-state index in [1.807, 2.05) is 0 Å². The largest absolute Gasteiger partial charge is 0.507 e. The van der Waals surface area contributed by atoms with Crippen LogP contribution in [0, 0.1) is 24.2 Å². The molecule has 0 saturated heterocycles. The number of esters is 5. The summed E-state index contributed by atoms with van der Waals surface area (Å²) in [5.41, 5.74) is -3.80. The predicted octanol–water partition coefficient (Wildman–Crippen LogP) is 3.10. The molecule has 47 heavy (non-hydrogen) atoms. The highest BCUT2D eigenvalue weighted by molar-refractivity contribution is 5.89. The summed E-state index contributed by atoms with van der Waals surface area (Å²) in [4.78, 5) is 64.5. The van der Waals surface area contributed by atoms with E-state index in [1.54, 1.807) is 63.2 Å². The molecule has 2 aromatic rings. The summed E-state index contributed by atoms with van der Waals surface area (Å²) in [7, 11) is 0. The lowest BCUT2D eigenvalue weighted by atomic mass is 9.47. The highest BCUT2D eigenvalue weighted by atomic mass is 16.6. The van der Waals surface area contributed by atoms with Crippen LogP contribution in [0.3, 0.4) is 0 Å². The predicted molar refractivity (Wildman–Crippen MR) is 163 cm³/mol. The maximum atomic E-state index is 13.6. The van der Waals surface area contributed by atoms with E-state index in [4.69, 9.17) is 23.7 Å². The molecule has 12 heteroatoms. The van der Waals surface area contributed by atoms with Gasteiger partial charge in [-0.15, -0.1) is 0 Å². The summed E-state index contributed by atoms with van der Waals surface area (Å²) in [5, 5.41) is 24.5. The van der Waals surface area contributed by atoms with Crippen molar-refractivity contribution in [3.8, 4) is 5.75 Å². The molecular formula is C35H40O12. The summed E-state index contributed by atoms with van der Waals surface area (Å²) in [6, 6.07) is 11.5. The van der Waals surface area contributed by atoms with Crippen molar-refractivity contribution in [2.75, 3.05) is 6.61 Å². The summed E-state index contributed by atoms with van der Waals surface area (Å²) >= 11 is 0. The fraction of sp³-hybridized carbons (Fsp3) is 0.514. The first-order chi connectivity index (χ1) is 22.0. The van der Waals surface area contributed by atoms with Gasteiger partial charge in [0.15, 0.2) is 0 Å². The van der Waals surface area contributed by atoms with Crippen LogP contribution in [0.25, 0.3) is 0 Å². The van der Waals surface area contributed by atoms with Gasteiger partial charge in [-0.25, -0.2) is 4.79 Å². The Labute approximate surface area is 272 Å². The van der Waals surface area contributed by atoms with E-state index in [0.29, 0.717) is 16.7 Å². The molecular weight excluding hydrogens is 612 g/mol. The van der Waals surface area contributed by atoms with Crippen molar-refractivity contribution in [1.29, 1.82) is 0 Å². The fourth-order valence-electron chi connectivity index (χ4n) is 8.49. The summed E-state index contributed by atoms with van der Waals surface area (Å²) in [5.74, 6) is -6.12. The maximum Gasteiger partial charge on any atom is 0.338 e. The van der Waals surface area contributed by atoms with Crippen LogP contribution in [-0.2, 0) is 54.7 Å². The minimum atomic E-state index is -2.34. The molecule has 0 aliphatic heterocycles. The van der Waals surface area contributed by atoms with E-state index in [0.717, 1.165) is 13.8 Å². The van der Waals surface area contributed by atoms with Gasteiger partial charge in [-0.1, -0.05) is 44.2 Å². The molecule has 2 aromatic carbocycles. The van der Waals surface area contributed by atoms with Crippen LogP contribution in [0.1, 0.15) is 68.6 Å². The number of fused-ring (bicyclic) bond motifs is 4. The number of benzene rings is 2. The van der Waals surface area contributed by atoms with E-state index in [-0.39, 0.29) is 17.7 Å². The average Bonchev–Trinajstić information content (AvgIpc) is 3.38. The van der Waals surface area contributed by atoms with Gasteiger partial charge >= 0.3 is 29.8 Å². The van der Waals surface area contributed by atoms with Crippen LogP contribution >= 0.6 is 0 Å². The molecule has 0 bridgehead atoms. The zero-order valence-corrected chi connectivity index (χ0v) is 27.4. The second-order valence-electron chi connectivity index (χ2n) is 13.1. The minimum absolute atomic E-state index is 0.0477. The van der Waals surface area contributed by atoms with E-state index in [9.17, 15) is 34.2 Å². The van der Waals surface area contributed by atoms with Gasteiger partial charge in [-0.3, -0.25) is 19.2 Å². The average molecular weight is 653 g/mol. The Balaban J connectivity index is 1.85. The lowest BCUT2D eigenvalue weighted by Gasteiger charge is -2.62. The highest BCUT2D eigenvalue weighted by Gasteiger charge is 2.83. The standard InChI is InChI=1S/C35H40O12/c1-17-13-14-25-24(27(17)40)15-34(16-43-19(3)36)30(45-21(5)38)26-28(47-31(41)23-11-9-8-10-12-23)18(2)29(44-20(4)37)35(26,42)32(33(25,34)7)46-22(6)39/h8-14,18,26,28-30,32,40,42H,15-16H2,1-7H3/t18-,26-,28+,29-,30-,32-,33-,34-,35+/m1/s1. The zero-order chi connectivity index (χ0) is 34.6. The number of hydrogen-bond acceptors (Lipinski definition) is 12. The molecule has 0 radical (unpaired) electrons. The van der Waals surface area contributed by atoms with Crippen molar-refractivity contribution in [3.05, 3.63) is 64.7 Å². The number of aryl methyl sites for hydroxylation is 1. The van der Waals surface area contributed by atoms with Crippen molar-refractivity contribution in [3.63, 3.8) is 0 Å².